The number of nitrogens with one attached hydrogen (secondary N) is 4. The van der Waals surface area contributed by atoms with Crippen molar-refractivity contribution in [3.63, 3.8) is 0 Å². The highest BCUT2D eigenvalue weighted by Gasteiger charge is 2.17. The van der Waals surface area contributed by atoms with Gasteiger partial charge in [0.05, 0.1) is 32.4 Å². The number of amides is 3. The van der Waals surface area contributed by atoms with Crippen molar-refractivity contribution in [2.24, 2.45) is 0 Å². The van der Waals surface area contributed by atoms with Crippen LogP contribution in [0, 0.1) is 0 Å². The van der Waals surface area contributed by atoms with Gasteiger partial charge in [-0.1, -0.05) is 24.3 Å². The van der Waals surface area contributed by atoms with Crippen LogP contribution >= 0.6 is 0 Å². The third-order valence-electron chi connectivity index (χ3n) is 4.95. The number of carbonyl (C=O) groups is 3. The molecule has 0 saturated carbocycles. The van der Waals surface area contributed by atoms with Crippen molar-refractivity contribution >= 4 is 17.7 Å². The normalized spacial score (nSPS) is 13.8. The lowest BCUT2D eigenvalue weighted by Crippen LogP contribution is -3.08. The highest BCUT2D eigenvalue weighted by atomic mass is 16.3. The van der Waals surface area contributed by atoms with Gasteiger partial charge >= 0.3 is 0 Å². The number of hydrogen-bond acceptors (Lipinski definition) is 4. The zero-order chi connectivity index (χ0) is 20.5. The first kappa shape index (κ1) is 20.6. The number of hydrogen-bond donors (Lipinski definition) is 4. The third kappa shape index (κ3) is 6.46. The molecule has 8 nitrogen and oxygen atoms in total. The minimum absolute atomic E-state index is 0.130. The summed E-state index contributed by atoms with van der Waals surface area (Å²) in [6, 6.07) is 11.2. The maximum Gasteiger partial charge on any atom is 0.287 e. The molecule has 1 aliphatic heterocycles. The molecule has 0 atom stereocenters. The van der Waals surface area contributed by atoms with Crippen LogP contribution in [0.15, 0.2) is 47.1 Å². The van der Waals surface area contributed by atoms with Crippen molar-refractivity contribution in [1.29, 1.82) is 0 Å². The van der Waals surface area contributed by atoms with Crippen molar-refractivity contribution < 1.29 is 23.7 Å². The highest BCUT2D eigenvalue weighted by molar-refractivity contribution is 5.94. The van der Waals surface area contributed by atoms with Crippen molar-refractivity contribution in [2.75, 3.05) is 26.2 Å². The lowest BCUT2D eigenvalue weighted by Gasteiger charge is -2.15. The minimum atomic E-state index is -0.480. The predicted octanol–water partition coefficient (Wildman–Crippen LogP) is -0.379. The van der Waals surface area contributed by atoms with E-state index >= 15 is 0 Å². The molecule has 0 aliphatic carbocycles. The SMILES string of the molecule is O=C(CNC(=O)CNC(=O)c1ccco1)NCc1ccccc1C[NH+]1CCCC1. The van der Waals surface area contributed by atoms with Gasteiger partial charge in [0.25, 0.3) is 5.91 Å². The first-order valence-corrected chi connectivity index (χ1v) is 9.87. The summed E-state index contributed by atoms with van der Waals surface area (Å²) in [5, 5.41) is 7.76. The summed E-state index contributed by atoms with van der Waals surface area (Å²) in [6.45, 7) is 3.42. The van der Waals surface area contributed by atoms with Gasteiger partial charge < -0.3 is 25.3 Å². The van der Waals surface area contributed by atoms with Crippen molar-refractivity contribution in [1.82, 2.24) is 16.0 Å². The van der Waals surface area contributed by atoms with E-state index in [0.717, 1.165) is 12.1 Å². The van der Waals surface area contributed by atoms with E-state index in [1.165, 1.54) is 43.8 Å². The smallest absolute Gasteiger partial charge is 0.287 e. The van der Waals surface area contributed by atoms with Crippen LogP contribution < -0.4 is 20.9 Å². The second kappa shape index (κ2) is 10.4. The number of furan rings is 1. The van der Waals surface area contributed by atoms with Crippen LogP contribution in [-0.4, -0.2) is 43.9 Å². The van der Waals surface area contributed by atoms with Crippen LogP contribution in [0.5, 0.6) is 0 Å². The molecule has 2 heterocycles. The first-order valence-electron chi connectivity index (χ1n) is 9.87. The molecule has 4 N–H and O–H groups in total. The number of likely N-dealkylation sites (tertiary alicyclic amines) is 1. The summed E-state index contributed by atoms with van der Waals surface area (Å²) < 4.78 is 4.94. The summed E-state index contributed by atoms with van der Waals surface area (Å²) in [5.74, 6) is -1.08. The summed E-state index contributed by atoms with van der Waals surface area (Å²) >= 11 is 0. The molecule has 1 saturated heterocycles. The van der Waals surface area contributed by atoms with Crippen molar-refractivity contribution in [2.45, 2.75) is 25.9 Å². The molecule has 8 heteroatoms. The molecule has 0 radical (unpaired) electrons. The van der Waals surface area contributed by atoms with E-state index in [9.17, 15) is 14.4 Å². The Hall–Kier alpha value is -3.13. The van der Waals surface area contributed by atoms with E-state index in [0.29, 0.717) is 6.54 Å². The average molecular weight is 399 g/mol. The fourth-order valence-corrected chi connectivity index (χ4v) is 3.38. The largest absolute Gasteiger partial charge is 0.459 e. The Balaban J connectivity index is 1.37. The lowest BCUT2D eigenvalue weighted by atomic mass is 10.1. The van der Waals surface area contributed by atoms with Crippen molar-refractivity contribution in [3.05, 3.63) is 59.5 Å². The molecule has 154 valence electrons. The van der Waals surface area contributed by atoms with E-state index in [1.54, 1.807) is 11.0 Å². The Morgan fingerprint density at radius 1 is 0.862 bits per heavy atom. The number of carbonyl (C=O) groups excluding carboxylic acids is 3. The molecule has 0 unspecified atom stereocenters. The van der Waals surface area contributed by atoms with E-state index in [4.69, 9.17) is 4.42 Å². The Morgan fingerprint density at radius 3 is 2.28 bits per heavy atom. The molecule has 1 aromatic heterocycles. The molecule has 2 aromatic rings. The number of rotatable bonds is 9. The lowest BCUT2D eigenvalue weighted by molar-refractivity contribution is -0.901. The molecule has 3 rings (SSSR count). The van der Waals surface area contributed by atoms with Crippen LogP contribution in [0.3, 0.4) is 0 Å². The Kier molecular flexibility index (Phi) is 7.40. The second-order valence-corrected chi connectivity index (χ2v) is 7.12. The fraction of sp³-hybridized carbons (Fsp3) is 0.381. The molecular weight excluding hydrogens is 372 g/mol. The van der Waals surface area contributed by atoms with Crippen LogP contribution in [-0.2, 0) is 22.7 Å². The number of benzene rings is 1. The summed E-state index contributed by atoms with van der Waals surface area (Å²) in [7, 11) is 0. The van der Waals surface area contributed by atoms with Crippen LogP contribution in [0.25, 0.3) is 0 Å². The van der Waals surface area contributed by atoms with Gasteiger partial charge in [0, 0.05) is 24.9 Å². The number of quaternary nitrogens is 1. The molecule has 0 spiro atoms. The van der Waals surface area contributed by atoms with Gasteiger partial charge in [0.2, 0.25) is 11.8 Å². The van der Waals surface area contributed by atoms with E-state index in [1.807, 2.05) is 18.2 Å². The zero-order valence-electron chi connectivity index (χ0n) is 16.3. The maximum absolute atomic E-state index is 12.1. The van der Waals surface area contributed by atoms with E-state index in [2.05, 4.69) is 22.0 Å². The monoisotopic (exact) mass is 399 g/mol. The van der Waals surface area contributed by atoms with Gasteiger partial charge in [0.1, 0.15) is 6.54 Å². The Labute approximate surface area is 169 Å². The van der Waals surface area contributed by atoms with Gasteiger partial charge in [-0.2, -0.15) is 0 Å². The molecule has 1 aliphatic rings. The maximum atomic E-state index is 12.1. The summed E-state index contributed by atoms with van der Waals surface area (Å²) in [4.78, 5) is 37.1. The molecule has 1 fully saturated rings. The zero-order valence-corrected chi connectivity index (χ0v) is 16.3. The van der Waals surface area contributed by atoms with Gasteiger partial charge in [-0.3, -0.25) is 14.4 Å². The van der Waals surface area contributed by atoms with Gasteiger partial charge in [-0.25, -0.2) is 0 Å². The minimum Gasteiger partial charge on any atom is -0.459 e. The molecule has 0 bridgehead atoms. The van der Waals surface area contributed by atoms with Crippen molar-refractivity contribution in [3.8, 4) is 0 Å². The summed E-state index contributed by atoms with van der Waals surface area (Å²) in [6.07, 6.45) is 3.93. The molecular formula is C21H27N4O4+. The molecule has 1 aromatic carbocycles. The van der Waals surface area contributed by atoms with Crippen LogP contribution in [0.1, 0.15) is 34.5 Å². The van der Waals surface area contributed by atoms with E-state index < -0.39 is 11.8 Å². The Bertz CT molecular complexity index is 829. The topological polar surface area (TPSA) is 105 Å². The first-order chi connectivity index (χ1) is 14.1. The standard InChI is InChI=1S/C21H26N4O4/c26-19(13-23-20(27)14-24-21(28)18-8-5-11-29-18)22-12-16-6-1-2-7-17(16)15-25-9-3-4-10-25/h1-2,5-8,11H,3-4,9-10,12-15H2,(H,22,26)(H,23,27)(H,24,28)/p+1. The third-order valence-corrected chi connectivity index (χ3v) is 4.95. The average Bonchev–Trinajstić information content (AvgIpc) is 3.44. The quantitative estimate of drug-likeness (QED) is 0.461. The van der Waals surface area contributed by atoms with Crippen LogP contribution in [0.4, 0.5) is 0 Å². The molecule has 29 heavy (non-hydrogen) atoms. The predicted molar refractivity (Wildman–Crippen MR) is 106 cm³/mol. The Morgan fingerprint density at radius 2 is 1.55 bits per heavy atom. The summed E-state index contributed by atoms with van der Waals surface area (Å²) in [5.41, 5.74) is 2.34. The molecule has 3 amide bonds. The van der Waals surface area contributed by atoms with Gasteiger partial charge in [0.15, 0.2) is 5.76 Å². The fourth-order valence-electron chi connectivity index (χ4n) is 3.38. The van der Waals surface area contributed by atoms with Gasteiger partial charge in [-0.05, 0) is 17.7 Å². The van der Waals surface area contributed by atoms with E-state index in [-0.39, 0.29) is 24.8 Å². The van der Waals surface area contributed by atoms with Crippen LogP contribution in [0.2, 0.25) is 0 Å². The second-order valence-electron chi connectivity index (χ2n) is 7.12. The van der Waals surface area contributed by atoms with Gasteiger partial charge in [-0.15, -0.1) is 0 Å². The highest BCUT2D eigenvalue weighted by Crippen LogP contribution is 2.08.